The smallest absolute Gasteiger partial charge is 0.160 e. The molecule has 2 heterocycles. The van der Waals surface area contributed by atoms with Crippen molar-refractivity contribution >= 4 is 21.8 Å². The third kappa shape index (κ3) is 6.98. The highest BCUT2D eigenvalue weighted by atomic mass is 15.0. The molecule has 286 valence electrons. The second-order valence-corrected chi connectivity index (χ2v) is 15.4. The highest BCUT2D eigenvalue weighted by Gasteiger charge is 2.16. The highest BCUT2D eigenvalue weighted by molar-refractivity contribution is 6.11. The average Bonchev–Trinajstić information content (AvgIpc) is 3.68. The van der Waals surface area contributed by atoms with Gasteiger partial charge in [-0.3, -0.25) is 0 Å². The minimum Gasteiger partial charge on any atom is -0.309 e. The lowest BCUT2D eigenvalue weighted by Crippen LogP contribution is -1.96. The third-order valence-electron chi connectivity index (χ3n) is 11.7. The zero-order valence-electron chi connectivity index (χ0n) is 33.4. The van der Waals surface area contributed by atoms with Crippen LogP contribution in [0.4, 0.5) is 0 Å². The Bertz CT molecular complexity index is 3190. The summed E-state index contributed by atoms with van der Waals surface area (Å²) in [7, 11) is 0. The van der Waals surface area contributed by atoms with Crippen molar-refractivity contribution in [2.24, 2.45) is 0 Å². The summed E-state index contributed by atoms with van der Waals surface area (Å²) < 4.78 is 2.39. The Morgan fingerprint density at radius 3 is 1.00 bits per heavy atom. The molecule has 0 bridgehead atoms. The van der Waals surface area contributed by atoms with E-state index in [0.717, 1.165) is 44.9 Å². The van der Waals surface area contributed by atoms with Gasteiger partial charge in [-0.2, -0.15) is 0 Å². The van der Waals surface area contributed by atoms with Crippen LogP contribution in [-0.4, -0.2) is 14.5 Å². The van der Waals surface area contributed by atoms with Gasteiger partial charge in [-0.1, -0.05) is 194 Å². The molecule has 0 N–H and O–H groups in total. The van der Waals surface area contributed by atoms with Crippen molar-refractivity contribution in [3.63, 3.8) is 0 Å². The van der Waals surface area contributed by atoms with E-state index in [9.17, 15) is 0 Å². The molecular formula is C58H39N3. The number of benzene rings is 9. The Morgan fingerprint density at radius 1 is 0.246 bits per heavy atom. The molecule has 0 unspecified atom stereocenters. The number of fused-ring (bicyclic) bond motifs is 3. The summed E-state index contributed by atoms with van der Waals surface area (Å²) in [4.78, 5) is 10.2. The van der Waals surface area contributed by atoms with E-state index >= 15 is 0 Å². The molecule has 0 saturated carbocycles. The van der Waals surface area contributed by atoms with E-state index in [1.165, 1.54) is 55.2 Å². The fourth-order valence-corrected chi connectivity index (χ4v) is 8.48. The van der Waals surface area contributed by atoms with Gasteiger partial charge in [0, 0.05) is 33.2 Å². The summed E-state index contributed by atoms with van der Waals surface area (Å²) in [6.07, 6.45) is 0. The SMILES string of the molecule is c1ccc(-c2ccc(-c3cc(-c4ccccc4)nc(-c4ccc(-c5ccc(-n6c7ccc(-c8ccccc8)cc7c7cc(-c8ccccc8)ccc76)cc5)cc4)n3)cc2)cc1. The first-order chi connectivity index (χ1) is 30.2. The van der Waals surface area contributed by atoms with Crippen LogP contribution in [0.15, 0.2) is 237 Å². The molecule has 0 atom stereocenters. The van der Waals surface area contributed by atoms with E-state index in [1.807, 2.05) is 12.1 Å². The molecule has 0 radical (unpaired) electrons. The van der Waals surface area contributed by atoms with E-state index in [4.69, 9.17) is 9.97 Å². The topological polar surface area (TPSA) is 30.7 Å². The zero-order chi connectivity index (χ0) is 40.5. The molecule has 0 aliphatic carbocycles. The molecule has 3 nitrogen and oxygen atoms in total. The van der Waals surface area contributed by atoms with Gasteiger partial charge in [0.1, 0.15) is 0 Å². The van der Waals surface area contributed by atoms with Crippen LogP contribution in [0, 0.1) is 0 Å². The molecule has 0 fully saturated rings. The van der Waals surface area contributed by atoms with E-state index < -0.39 is 0 Å². The fraction of sp³-hybridized carbons (Fsp3) is 0. The van der Waals surface area contributed by atoms with Crippen LogP contribution in [0.25, 0.3) is 106 Å². The largest absolute Gasteiger partial charge is 0.309 e. The lowest BCUT2D eigenvalue weighted by molar-refractivity contribution is 1.18. The van der Waals surface area contributed by atoms with Gasteiger partial charge in [-0.15, -0.1) is 0 Å². The predicted octanol–water partition coefficient (Wildman–Crippen LogP) is 15.2. The molecule has 9 aromatic carbocycles. The van der Waals surface area contributed by atoms with Gasteiger partial charge in [0.25, 0.3) is 0 Å². The van der Waals surface area contributed by atoms with Crippen molar-refractivity contribution in [2.45, 2.75) is 0 Å². The maximum absolute atomic E-state index is 5.13. The maximum Gasteiger partial charge on any atom is 0.160 e. The second kappa shape index (κ2) is 15.6. The van der Waals surface area contributed by atoms with Gasteiger partial charge in [0.15, 0.2) is 5.82 Å². The van der Waals surface area contributed by atoms with Crippen LogP contribution in [0.5, 0.6) is 0 Å². The van der Waals surface area contributed by atoms with Crippen LogP contribution in [0.3, 0.4) is 0 Å². The molecule has 3 heteroatoms. The lowest BCUT2D eigenvalue weighted by Gasteiger charge is -2.11. The summed E-state index contributed by atoms with van der Waals surface area (Å²) >= 11 is 0. The minimum absolute atomic E-state index is 0.697. The summed E-state index contributed by atoms with van der Waals surface area (Å²) in [5, 5.41) is 2.47. The third-order valence-corrected chi connectivity index (χ3v) is 11.7. The Morgan fingerprint density at radius 2 is 0.557 bits per heavy atom. The molecule has 11 rings (SSSR count). The van der Waals surface area contributed by atoms with E-state index in [1.54, 1.807) is 0 Å². The van der Waals surface area contributed by atoms with Crippen LogP contribution in [0.1, 0.15) is 0 Å². The van der Waals surface area contributed by atoms with Crippen molar-refractivity contribution in [3.8, 4) is 84.1 Å². The van der Waals surface area contributed by atoms with Crippen molar-refractivity contribution in [3.05, 3.63) is 237 Å². The number of hydrogen-bond donors (Lipinski definition) is 0. The normalized spacial score (nSPS) is 11.3. The summed E-state index contributed by atoms with van der Waals surface area (Å²) in [5.74, 6) is 0.697. The summed E-state index contributed by atoms with van der Waals surface area (Å²) in [6, 6.07) is 84.1. The van der Waals surface area contributed by atoms with Gasteiger partial charge < -0.3 is 4.57 Å². The molecule has 11 aromatic rings. The van der Waals surface area contributed by atoms with Crippen molar-refractivity contribution in [2.75, 3.05) is 0 Å². The molecule has 0 aliphatic rings. The van der Waals surface area contributed by atoms with Crippen LogP contribution >= 0.6 is 0 Å². The molecule has 0 aliphatic heterocycles. The minimum atomic E-state index is 0.697. The summed E-state index contributed by atoms with van der Waals surface area (Å²) in [6.45, 7) is 0. The zero-order valence-corrected chi connectivity index (χ0v) is 33.4. The molecule has 0 spiro atoms. The van der Waals surface area contributed by atoms with Gasteiger partial charge >= 0.3 is 0 Å². The number of hydrogen-bond acceptors (Lipinski definition) is 2. The fourth-order valence-electron chi connectivity index (χ4n) is 8.48. The van der Waals surface area contributed by atoms with Crippen molar-refractivity contribution in [1.82, 2.24) is 14.5 Å². The Kier molecular flexibility index (Phi) is 9.18. The average molecular weight is 778 g/mol. The van der Waals surface area contributed by atoms with Crippen LogP contribution in [0.2, 0.25) is 0 Å². The van der Waals surface area contributed by atoms with Gasteiger partial charge in [-0.25, -0.2) is 9.97 Å². The number of rotatable bonds is 8. The van der Waals surface area contributed by atoms with Crippen LogP contribution < -0.4 is 0 Å². The van der Waals surface area contributed by atoms with E-state index in [0.29, 0.717) is 5.82 Å². The van der Waals surface area contributed by atoms with Gasteiger partial charge in [-0.05, 0) is 87.0 Å². The lowest BCUT2D eigenvalue weighted by atomic mass is 10.0. The molecule has 0 saturated heterocycles. The van der Waals surface area contributed by atoms with Crippen LogP contribution in [-0.2, 0) is 0 Å². The number of aromatic nitrogens is 3. The van der Waals surface area contributed by atoms with E-state index in [2.05, 4.69) is 229 Å². The first kappa shape index (κ1) is 36.0. The Balaban J connectivity index is 0.935. The maximum atomic E-state index is 5.13. The Labute approximate surface area is 355 Å². The van der Waals surface area contributed by atoms with Crippen molar-refractivity contribution in [1.29, 1.82) is 0 Å². The monoisotopic (exact) mass is 777 g/mol. The van der Waals surface area contributed by atoms with Gasteiger partial charge in [0.05, 0.1) is 22.4 Å². The first-order valence-corrected chi connectivity index (χ1v) is 20.7. The number of nitrogens with zero attached hydrogens (tertiary/aromatic N) is 3. The molecular weight excluding hydrogens is 739 g/mol. The quantitative estimate of drug-likeness (QED) is 0.154. The van der Waals surface area contributed by atoms with Crippen molar-refractivity contribution < 1.29 is 0 Å². The molecule has 0 amide bonds. The predicted molar refractivity (Wildman–Crippen MR) is 254 cm³/mol. The van der Waals surface area contributed by atoms with Gasteiger partial charge in [0.2, 0.25) is 0 Å². The van der Waals surface area contributed by atoms with E-state index in [-0.39, 0.29) is 0 Å². The highest BCUT2D eigenvalue weighted by Crippen LogP contribution is 2.38. The first-order valence-electron chi connectivity index (χ1n) is 20.7. The Hall–Kier alpha value is -8.14. The standard InChI is InChI=1S/C58H39N3/c1-5-13-40(14-6-1)43-21-25-47(26-22-43)55-39-54(46-19-11-4-12-20-46)59-58(60-55)48-27-23-44(24-28-48)45-29-33-51(34-30-45)61-56-35-31-49(41-15-7-2-8-16-41)37-52(56)53-38-50(32-36-57(53)61)42-17-9-3-10-18-42/h1-39H. The molecule has 2 aromatic heterocycles. The molecule has 61 heavy (non-hydrogen) atoms. The second-order valence-electron chi connectivity index (χ2n) is 15.4. The summed E-state index contributed by atoms with van der Waals surface area (Å²) in [5.41, 5.74) is 17.8.